The fourth-order valence-electron chi connectivity index (χ4n) is 1.26. The largest absolute Gasteiger partial charge is 0.368 e. The highest BCUT2D eigenvalue weighted by molar-refractivity contribution is 7.09. The molecule has 0 fully saturated rings. The molecule has 0 atom stereocenters. The molecule has 7 nitrogen and oxygen atoms in total. The molecule has 0 bridgehead atoms. The Hall–Kier alpha value is -2.16. The number of hydrogen-bond acceptors (Lipinski definition) is 7. The van der Waals surface area contributed by atoms with Crippen LogP contribution in [0.25, 0.3) is 0 Å². The lowest BCUT2D eigenvalue weighted by atomic mass is 10.2. The molecule has 94 valence electrons. The Morgan fingerprint density at radius 2 is 2.39 bits per heavy atom. The van der Waals surface area contributed by atoms with Gasteiger partial charge in [-0.15, -0.1) is 0 Å². The summed E-state index contributed by atoms with van der Waals surface area (Å²) in [5.41, 5.74) is -0.115. The van der Waals surface area contributed by atoms with Crippen LogP contribution < -0.4 is 10.6 Å². The number of nitrogens with one attached hydrogen (secondary N) is 2. The van der Waals surface area contributed by atoms with Crippen molar-refractivity contribution in [3.05, 3.63) is 23.6 Å². The Morgan fingerprint density at radius 1 is 1.56 bits per heavy atom. The van der Waals surface area contributed by atoms with Gasteiger partial charge in [0.25, 0.3) is 5.91 Å². The van der Waals surface area contributed by atoms with Gasteiger partial charge in [0.05, 0.1) is 5.56 Å². The van der Waals surface area contributed by atoms with E-state index in [1.807, 2.05) is 0 Å². The predicted molar refractivity (Wildman–Crippen MR) is 64.0 cm³/mol. The smallest absolute Gasteiger partial charge is 0.260 e. The number of hydrogen-bond donors (Lipinski definition) is 2. The molecule has 1 amide bonds. The van der Waals surface area contributed by atoms with E-state index < -0.39 is 11.7 Å². The lowest BCUT2D eigenvalue weighted by Gasteiger charge is -2.07. The number of nitrogens with zero attached hydrogens (tertiary/aromatic N) is 4. The van der Waals surface area contributed by atoms with Crippen LogP contribution >= 0.6 is 11.5 Å². The fraction of sp³-hybridized carbons (Fsp3) is 0.222. The Labute approximate surface area is 106 Å². The average Bonchev–Trinajstić information content (AvgIpc) is 2.85. The molecular formula is C9H9FN6OS. The van der Waals surface area contributed by atoms with Gasteiger partial charge in [-0.25, -0.2) is 9.37 Å². The normalized spacial score (nSPS) is 10.1. The topological polar surface area (TPSA) is 92.7 Å². The minimum absolute atomic E-state index is 0.0422. The first kappa shape index (κ1) is 12.3. The van der Waals surface area contributed by atoms with E-state index in [-0.39, 0.29) is 16.5 Å². The van der Waals surface area contributed by atoms with Gasteiger partial charge in [0.1, 0.15) is 0 Å². The van der Waals surface area contributed by atoms with Crippen molar-refractivity contribution in [2.75, 3.05) is 17.2 Å². The molecule has 2 rings (SSSR count). The van der Waals surface area contributed by atoms with E-state index in [0.717, 1.165) is 11.5 Å². The van der Waals surface area contributed by atoms with Crippen molar-refractivity contribution < 1.29 is 9.18 Å². The van der Waals surface area contributed by atoms with Gasteiger partial charge in [-0.3, -0.25) is 10.1 Å². The van der Waals surface area contributed by atoms with Crippen molar-refractivity contribution >= 4 is 28.4 Å². The summed E-state index contributed by atoms with van der Waals surface area (Å²) in [6.45, 7) is 2.32. The molecule has 0 unspecified atom stereocenters. The number of aromatic nitrogens is 4. The number of amides is 1. The van der Waals surface area contributed by atoms with Crippen LogP contribution in [-0.4, -0.2) is 32.2 Å². The lowest BCUT2D eigenvalue weighted by Crippen LogP contribution is -2.15. The van der Waals surface area contributed by atoms with E-state index in [2.05, 4.69) is 30.4 Å². The molecule has 2 heterocycles. The molecule has 2 N–H and O–H groups in total. The van der Waals surface area contributed by atoms with Crippen LogP contribution in [0.3, 0.4) is 0 Å². The van der Waals surface area contributed by atoms with Gasteiger partial charge in [0.2, 0.25) is 5.13 Å². The molecule has 18 heavy (non-hydrogen) atoms. The molecule has 9 heteroatoms. The SMILES string of the molecule is CCNc1nccc(C(=O)Nc2nnns2)c1F. The fourth-order valence-corrected chi connectivity index (χ4v) is 1.62. The Morgan fingerprint density at radius 3 is 3.06 bits per heavy atom. The second-order valence-electron chi connectivity index (χ2n) is 3.17. The molecular weight excluding hydrogens is 259 g/mol. The number of anilines is 2. The highest BCUT2D eigenvalue weighted by Crippen LogP contribution is 2.16. The van der Waals surface area contributed by atoms with Crippen LogP contribution in [0, 0.1) is 5.82 Å². The van der Waals surface area contributed by atoms with Crippen molar-refractivity contribution in [3.8, 4) is 0 Å². The Kier molecular flexibility index (Phi) is 3.72. The average molecular weight is 268 g/mol. The number of carbonyl (C=O) groups is 1. The van der Waals surface area contributed by atoms with Crippen LogP contribution in [0.5, 0.6) is 0 Å². The summed E-state index contributed by atoms with van der Waals surface area (Å²) in [6.07, 6.45) is 1.36. The second kappa shape index (κ2) is 5.45. The summed E-state index contributed by atoms with van der Waals surface area (Å²) in [6, 6.07) is 1.29. The predicted octanol–water partition coefficient (Wildman–Crippen LogP) is 1.15. The first-order valence-corrected chi connectivity index (χ1v) is 5.84. The van der Waals surface area contributed by atoms with Crippen LogP contribution in [-0.2, 0) is 0 Å². The van der Waals surface area contributed by atoms with E-state index in [1.54, 1.807) is 6.92 Å². The van der Waals surface area contributed by atoms with Crippen molar-refractivity contribution in [1.82, 2.24) is 19.8 Å². The molecule has 0 aromatic carbocycles. The van der Waals surface area contributed by atoms with Crippen molar-refractivity contribution in [3.63, 3.8) is 0 Å². The Bertz CT molecular complexity index is 546. The number of pyridine rings is 1. The lowest BCUT2D eigenvalue weighted by molar-refractivity contribution is 0.102. The summed E-state index contributed by atoms with van der Waals surface area (Å²) in [5, 5.41) is 12.2. The maximum Gasteiger partial charge on any atom is 0.260 e. The number of carbonyl (C=O) groups excluding carboxylic acids is 1. The molecule has 2 aromatic rings. The van der Waals surface area contributed by atoms with Gasteiger partial charge in [-0.1, -0.05) is 9.59 Å². The molecule has 0 saturated carbocycles. The molecule has 0 aliphatic heterocycles. The van der Waals surface area contributed by atoms with Crippen LogP contribution in [0.4, 0.5) is 15.3 Å². The van der Waals surface area contributed by atoms with Gasteiger partial charge in [0.15, 0.2) is 11.6 Å². The summed E-state index contributed by atoms with van der Waals surface area (Å²) in [5.74, 6) is -1.28. The van der Waals surface area contributed by atoms with Crippen molar-refractivity contribution in [2.24, 2.45) is 0 Å². The van der Waals surface area contributed by atoms with E-state index >= 15 is 0 Å². The standard InChI is InChI=1S/C9H9FN6OS/c1-2-11-7-6(10)5(3-4-12-7)8(17)13-9-14-15-16-18-9/h3-4H,2H2,1H3,(H,11,12)(H,13,14,16,17). The highest BCUT2D eigenvalue weighted by Gasteiger charge is 2.16. The van der Waals surface area contributed by atoms with Crippen molar-refractivity contribution in [1.29, 1.82) is 0 Å². The maximum absolute atomic E-state index is 13.9. The van der Waals surface area contributed by atoms with Gasteiger partial charge >= 0.3 is 0 Å². The van der Waals surface area contributed by atoms with E-state index in [1.165, 1.54) is 12.3 Å². The Balaban J connectivity index is 2.22. The van der Waals surface area contributed by atoms with Crippen LogP contribution in [0.1, 0.15) is 17.3 Å². The zero-order valence-electron chi connectivity index (χ0n) is 9.35. The van der Waals surface area contributed by atoms with E-state index in [9.17, 15) is 9.18 Å². The monoisotopic (exact) mass is 268 g/mol. The molecule has 0 saturated heterocycles. The van der Waals surface area contributed by atoms with Crippen molar-refractivity contribution in [2.45, 2.75) is 6.92 Å². The number of rotatable bonds is 4. The third-order valence-electron chi connectivity index (χ3n) is 2.00. The first-order chi connectivity index (χ1) is 8.72. The summed E-state index contributed by atoms with van der Waals surface area (Å²) in [4.78, 5) is 15.6. The van der Waals surface area contributed by atoms with E-state index in [0.29, 0.717) is 6.54 Å². The van der Waals surface area contributed by atoms with E-state index in [4.69, 9.17) is 0 Å². The zero-order chi connectivity index (χ0) is 13.0. The van der Waals surface area contributed by atoms with Gasteiger partial charge in [-0.05, 0) is 18.2 Å². The first-order valence-electron chi connectivity index (χ1n) is 5.07. The van der Waals surface area contributed by atoms with Gasteiger partial charge in [-0.2, -0.15) is 0 Å². The molecule has 2 aromatic heterocycles. The molecule has 0 aliphatic carbocycles. The summed E-state index contributed by atoms with van der Waals surface area (Å²) in [7, 11) is 0. The minimum atomic E-state index is -0.700. The molecule has 0 spiro atoms. The minimum Gasteiger partial charge on any atom is -0.368 e. The number of halogens is 1. The zero-order valence-corrected chi connectivity index (χ0v) is 10.2. The van der Waals surface area contributed by atoms with Crippen LogP contribution in [0.15, 0.2) is 12.3 Å². The maximum atomic E-state index is 13.9. The highest BCUT2D eigenvalue weighted by atomic mass is 32.1. The summed E-state index contributed by atoms with van der Waals surface area (Å²) < 4.78 is 17.4. The third kappa shape index (κ3) is 2.56. The third-order valence-corrected chi connectivity index (χ3v) is 2.51. The van der Waals surface area contributed by atoms with Gasteiger partial charge in [0, 0.05) is 24.3 Å². The van der Waals surface area contributed by atoms with Crippen LogP contribution in [0.2, 0.25) is 0 Å². The summed E-state index contributed by atoms with van der Waals surface area (Å²) >= 11 is 0.908. The molecule has 0 radical (unpaired) electrons. The van der Waals surface area contributed by atoms with Gasteiger partial charge < -0.3 is 5.32 Å². The second-order valence-corrected chi connectivity index (χ2v) is 3.91. The quantitative estimate of drug-likeness (QED) is 0.864. The molecule has 0 aliphatic rings.